The lowest BCUT2D eigenvalue weighted by Gasteiger charge is -2.24. The Bertz CT molecular complexity index is 925. The van der Waals surface area contributed by atoms with E-state index in [1.165, 1.54) is 14.2 Å². The normalized spacial score (nSPS) is 17.5. The zero-order chi connectivity index (χ0) is 23.6. The smallest absolute Gasteiger partial charge is 0.188 e. The number of aldehydes is 1. The third-order valence-electron chi connectivity index (χ3n) is 5.65. The van der Waals surface area contributed by atoms with Gasteiger partial charge in [0.2, 0.25) is 0 Å². The lowest BCUT2D eigenvalue weighted by Crippen LogP contribution is -2.19. The number of methoxy groups -OCH3 is 3. The molecule has 1 aliphatic carbocycles. The highest BCUT2D eigenvalue weighted by molar-refractivity contribution is 5.99. The minimum absolute atomic E-state index is 0.0135. The van der Waals surface area contributed by atoms with E-state index in [1.807, 2.05) is 6.07 Å². The van der Waals surface area contributed by atoms with E-state index in [0.717, 1.165) is 31.1 Å². The molecule has 1 aliphatic rings. The Balaban J connectivity index is 1.92. The third kappa shape index (κ3) is 6.10. The van der Waals surface area contributed by atoms with Crippen LogP contribution in [0.3, 0.4) is 0 Å². The van der Waals surface area contributed by atoms with Crippen molar-refractivity contribution in [2.75, 3.05) is 41.7 Å². The summed E-state index contributed by atoms with van der Waals surface area (Å²) in [5, 5.41) is 0. The molecule has 0 heterocycles. The number of carbonyl (C=O) groups is 2. The molecule has 0 bridgehead atoms. The molecule has 2 aromatic carbocycles. The first-order chi connectivity index (χ1) is 16.1. The van der Waals surface area contributed by atoms with Crippen molar-refractivity contribution < 1.29 is 38.0 Å². The Morgan fingerprint density at radius 1 is 0.879 bits per heavy atom. The molecule has 33 heavy (non-hydrogen) atoms. The molecule has 2 aromatic rings. The van der Waals surface area contributed by atoms with Crippen LogP contribution < -0.4 is 14.2 Å². The lowest BCUT2D eigenvalue weighted by molar-refractivity contribution is 0.0468. The summed E-state index contributed by atoms with van der Waals surface area (Å²) in [7, 11) is 4.58. The minimum Gasteiger partial charge on any atom is -0.468 e. The Kier molecular flexibility index (Phi) is 9.24. The molecule has 0 spiro atoms. The maximum atomic E-state index is 13.4. The number of ketones is 1. The van der Waals surface area contributed by atoms with E-state index in [0.29, 0.717) is 28.4 Å². The first-order valence-corrected chi connectivity index (χ1v) is 10.8. The summed E-state index contributed by atoms with van der Waals surface area (Å²) in [5.41, 5.74) is 1.71. The van der Waals surface area contributed by atoms with Crippen LogP contribution in [-0.4, -0.2) is 53.8 Å². The molecule has 0 radical (unpaired) electrons. The van der Waals surface area contributed by atoms with Gasteiger partial charge in [-0.15, -0.1) is 0 Å². The molecule has 0 aliphatic heterocycles. The second-order valence-corrected chi connectivity index (χ2v) is 7.73. The number of ether oxygens (including phenoxy) is 6. The molecular formula is C25H30O8. The van der Waals surface area contributed by atoms with Crippen LogP contribution >= 0.6 is 0 Å². The summed E-state index contributed by atoms with van der Waals surface area (Å²) >= 11 is 0. The molecule has 1 saturated carbocycles. The van der Waals surface area contributed by atoms with Gasteiger partial charge >= 0.3 is 0 Å². The molecule has 2 atom stereocenters. The van der Waals surface area contributed by atoms with Crippen LogP contribution in [0.2, 0.25) is 0 Å². The maximum absolute atomic E-state index is 13.4. The summed E-state index contributed by atoms with van der Waals surface area (Å²) < 4.78 is 31.8. The molecule has 3 rings (SSSR count). The molecule has 0 saturated heterocycles. The van der Waals surface area contributed by atoms with Crippen molar-refractivity contribution in [1.82, 2.24) is 0 Å². The molecule has 0 amide bonds. The molecule has 8 heteroatoms. The predicted molar refractivity (Wildman–Crippen MR) is 120 cm³/mol. The van der Waals surface area contributed by atoms with Crippen molar-refractivity contribution in [3.05, 3.63) is 53.1 Å². The van der Waals surface area contributed by atoms with Gasteiger partial charge in [-0.05, 0) is 55.2 Å². The molecule has 0 N–H and O–H groups in total. The number of rotatable bonds is 13. The van der Waals surface area contributed by atoms with Crippen LogP contribution in [-0.2, 0) is 14.2 Å². The molecular weight excluding hydrogens is 428 g/mol. The minimum atomic E-state index is -0.252. The summed E-state index contributed by atoms with van der Waals surface area (Å²) in [5.74, 6) is 1.20. The van der Waals surface area contributed by atoms with E-state index in [-0.39, 0.29) is 38.0 Å². The van der Waals surface area contributed by atoms with E-state index in [4.69, 9.17) is 28.4 Å². The van der Waals surface area contributed by atoms with E-state index in [1.54, 1.807) is 37.4 Å². The van der Waals surface area contributed by atoms with Gasteiger partial charge in [0.25, 0.3) is 0 Å². The average Bonchev–Trinajstić information content (AvgIpc) is 3.34. The third-order valence-corrected chi connectivity index (χ3v) is 5.65. The maximum Gasteiger partial charge on any atom is 0.188 e. The van der Waals surface area contributed by atoms with Gasteiger partial charge in [0, 0.05) is 38.4 Å². The van der Waals surface area contributed by atoms with Crippen LogP contribution in [0.1, 0.15) is 51.5 Å². The number of hydrogen-bond donors (Lipinski definition) is 0. The Labute approximate surface area is 193 Å². The molecule has 1 fully saturated rings. The number of carbonyl (C=O) groups excluding carboxylic acids is 2. The van der Waals surface area contributed by atoms with Crippen molar-refractivity contribution >= 4 is 12.1 Å². The van der Waals surface area contributed by atoms with E-state index in [9.17, 15) is 9.59 Å². The van der Waals surface area contributed by atoms with Gasteiger partial charge in [-0.25, -0.2) is 0 Å². The topological polar surface area (TPSA) is 89.5 Å². The fourth-order valence-electron chi connectivity index (χ4n) is 4.21. The van der Waals surface area contributed by atoms with Gasteiger partial charge in [0.05, 0.1) is 5.56 Å². The van der Waals surface area contributed by atoms with Crippen molar-refractivity contribution in [1.29, 1.82) is 0 Å². The van der Waals surface area contributed by atoms with Gasteiger partial charge < -0.3 is 28.4 Å². The number of benzene rings is 2. The van der Waals surface area contributed by atoms with Crippen LogP contribution in [0.15, 0.2) is 36.4 Å². The van der Waals surface area contributed by atoms with Crippen molar-refractivity contribution in [2.24, 2.45) is 5.92 Å². The predicted octanol–water partition coefficient (Wildman–Crippen LogP) is 4.21. The van der Waals surface area contributed by atoms with E-state index < -0.39 is 0 Å². The second kappa shape index (κ2) is 12.3. The fraction of sp³-hybridized carbons (Fsp3) is 0.440. The number of Topliss-reactive ketones (excluding diaryl/α,β-unsaturated/α-hetero) is 1. The van der Waals surface area contributed by atoms with Gasteiger partial charge in [-0.1, -0.05) is 6.42 Å². The molecule has 8 nitrogen and oxygen atoms in total. The monoisotopic (exact) mass is 458 g/mol. The van der Waals surface area contributed by atoms with Crippen LogP contribution in [0.25, 0.3) is 0 Å². The zero-order valence-corrected chi connectivity index (χ0v) is 19.2. The van der Waals surface area contributed by atoms with Gasteiger partial charge in [0.15, 0.2) is 32.4 Å². The van der Waals surface area contributed by atoms with Crippen LogP contribution in [0.4, 0.5) is 0 Å². The molecule has 0 unspecified atom stereocenters. The summed E-state index contributed by atoms with van der Waals surface area (Å²) in [6.45, 7) is 0.170. The highest BCUT2D eigenvalue weighted by atomic mass is 16.7. The summed E-state index contributed by atoms with van der Waals surface area (Å²) in [6, 6.07) is 10.5. The standard InChI is InChI=1S/C25H30O8/c1-28-14-31-19-9-7-17(8-10-19)24(27)22-6-4-5-21(22)23-12-20(32-15-29-2)11-18(13-26)25(23)33-16-30-3/h7-13,21-22H,4-6,14-16H2,1-3H3/t21-,22+/m1/s1. The highest BCUT2D eigenvalue weighted by Crippen LogP contribution is 2.46. The first kappa shape index (κ1) is 24.7. The van der Waals surface area contributed by atoms with E-state index in [2.05, 4.69) is 0 Å². The summed E-state index contributed by atoms with van der Waals surface area (Å²) in [6.07, 6.45) is 3.15. The van der Waals surface area contributed by atoms with Crippen molar-refractivity contribution in [3.8, 4) is 17.2 Å². The largest absolute Gasteiger partial charge is 0.468 e. The fourth-order valence-corrected chi connectivity index (χ4v) is 4.21. The van der Waals surface area contributed by atoms with Crippen molar-refractivity contribution in [2.45, 2.75) is 25.2 Å². The van der Waals surface area contributed by atoms with Crippen molar-refractivity contribution in [3.63, 3.8) is 0 Å². The SMILES string of the molecule is COCOc1ccc(C(=O)[C@H]2CCC[C@H]2c2cc(OCOC)cc(C=O)c2OCOC)cc1. The molecule has 0 aromatic heterocycles. The quantitative estimate of drug-likeness (QED) is 0.250. The zero-order valence-electron chi connectivity index (χ0n) is 19.2. The van der Waals surface area contributed by atoms with E-state index >= 15 is 0 Å². The van der Waals surface area contributed by atoms with Crippen LogP contribution in [0, 0.1) is 5.92 Å². The van der Waals surface area contributed by atoms with Crippen LogP contribution in [0.5, 0.6) is 17.2 Å². The Morgan fingerprint density at radius 3 is 2.15 bits per heavy atom. The van der Waals surface area contributed by atoms with Gasteiger partial charge in [0.1, 0.15) is 17.2 Å². The average molecular weight is 459 g/mol. The van der Waals surface area contributed by atoms with Gasteiger partial charge in [-0.3, -0.25) is 9.59 Å². The Morgan fingerprint density at radius 2 is 1.52 bits per heavy atom. The first-order valence-electron chi connectivity index (χ1n) is 10.8. The van der Waals surface area contributed by atoms with Gasteiger partial charge in [-0.2, -0.15) is 0 Å². The number of hydrogen-bond acceptors (Lipinski definition) is 8. The lowest BCUT2D eigenvalue weighted by atomic mass is 9.82. The highest BCUT2D eigenvalue weighted by Gasteiger charge is 2.37. The Hall–Kier alpha value is -2.94. The summed E-state index contributed by atoms with van der Waals surface area (Å²) in [4.78, 5) is 25.3. The molecule has 178 valence electrons. The second-order valence-electron chi connectivity index (χ2n) is 7.73.